The van der Waals surface area contributed by atoms with Crippen molar-refractivity contribution in [2.45, 2.75) is 38.1 Å². The first-order valence-corrected chi connectivity index (χ1v) is 7.47. The van der Waals surface area contributed by atoms with Crippen LogP contribution in [0.4, 0.5) is 0 Å². The summed E-state index contributed by atoms with van der Waals surface area (Å²) in [5.74, 6) is 1.10. The van der Waals surface area contributed by atoms with Crippen molar-refractivity contribution in [3.05, 3.63) is 23.8 Å². The minimum absolute atomic E-state index is 0. The van der Waals surface area contributed by atoms with E-state index in [9.17, 15) is 4.79 Å². The Morgan fingerprint density at radius 2 is 2.00 bits per heavy atom. The Labute approximate surface area is 138 Å². The molecule has 22 heavy (non-hydrogen) atoms. The lowest BCUT2D eigenvalue weighted by Crippen LogP contribution is -2.51. The molecule has 1 aromatic carbocycles. The van der Waals surface area contributed by atoms with E-state index in [0.29, 0.717) is 30.2 Å². The van der Waals surface area contributed by atoms with Crippen LogP contribution in [0.3, 0.4) is 0 Å². The SMILES string of the molecule is CCOc1ccc(C(=O)NC2(CN)CCCC2)cc1OC.Cl. The maximum absolute atomic E-state index is 12.4. The van der Waals surface area contributed by atoms with Gasteiger partial charge in [0.1, 0.15) is 0 Å². The standard InChI is InChI=1S/C16H24N2O3.ClH/c1-3-21-13-7-6-12(10-14(13)20-2)15(19)18-16(11-17)8-4-5-9-16;/h6-7,10H,3-5,8-9,11,17H2,1-2H3,(H,18,19);1H. The number of carbonyl (C=O) groups is 1. The minimum atomic E-state index is -0.247. The van der Waals surface area contributed by atoms with Gasteiger partial charge in [-0.25, -0.2) is 0 Å². The lowest BCUT2D eigenvalue weighted by Gasteiger charge is -2.28. The molecule has 5 nitrogen and oxygen atoms in total. The number of ether oxygens (including phenoxy) is 2. The van der Waals surface area contributed by atoms with Gasteiger partial charge < -0.3 is 20.5 Å². The van der Waals surface area contributed by atoms with E-state index in [0.717, 1.165) is 25.7 Å². The topological polar surface area (TPSA) is 73.6 Å². The Morgan fingerprint density at radius 1 is 1.32 bits per heavy atom. The number of nitrogens with one attached hydrogen (secondary N) is 1. The summed E-state index contributed by atoms with van der Waals surface area (Å²) in [7, 11) is 1.57. The number of amides is 1. The molecule has 124 valence electrons. The minimum Gasteiger partial charge on any atom is -0.493 e. The van der Waals surface area contributed by atoms with Crippen LogP contribution in [0.1, 0.15) is 43.0 Å². The molecular formula is C16H25ClN2O3. The van der Waals surface area contributed by atoms with Gasteiger partial charge >= 0.3 is 0 Å². The first-order valence-electron chi connectivity index (χ1n) is 7.47. The second kappa shape index (κ2) is 8.25. The van der Waals surface area contributed by atoms with Crippen molar-refractivity contribution in [3.63, 3.8) is 0 Å². The smallest absolute Gasteiger partial charge is 0.251 e. The predicted molar refractivity (Wildman–Crippen MR) is 89.1 cm³/mol. The molecule has 0 radical (unpaired) electrons. The Hall–Kier alpha value is -1.46. The van der Waals surface area contributed by atoms with E-state index in [2.05, 4.69) is 5.32 Å². The molecule has 0 unspecified atom stereocenters. The number of carbonyl (C=O) groups excluding carboxylic acids is 1. The van der Waals surface area contributed by atoms with Crippen LogP contribution in [0.15, 0.2) is 18.2 Å². The number of hydrogen-bond donors (Lipinski definition) is 2. The van der Waals surface area contributed by atoms with Gasteiger partial charge in [-0.05, 0) is 38.0 Å². The monoisotopic (exact) mass is 328 g/mol. The highest BCUT2D eigenvalue weighted by molar-refractivity contribution is 5.95. The number of halogens is 1. The number of benzene rings is 1. The van der Waals surface area contributed by atoms with Crippen LogP contribution < -0.4 is 20.5 Å². The third kappa shape index (κ3) is 4.05. The van der Waals surface area contributed by atoms with Gasteiger partial charge in [0, 0.05) is 12.1 Å². The molecular weight excluding hydrogens is 304 g/mol. The molecule has 6 heteroatoms. The third-order valence-corrected chi connectivity index (χ3v) is 4.06. The molecule has 1 fully saturated rings. The second-order valence-electron chi connectivity index (χ2n) is 5.44. The summed E-state index contributed by atoms with van der Waals surface area (Å²) in [5.41, 5.74) is 6.17. The van der Waals surface area contributed by atoms with E-state index in [1.807, 2.05) is 6.92 Å². The van der Waals surface area contributed by atoms with Crippen molar-refractivity contribution >= 4 is 18.3 Å². The first-order chi connectivity index (χ1) is 10.1. The molecule has 1 aliphatic rings. The summed E-state index contributed by atoms with van der Waals surface area (Å²) in [5, 5.41) is 3.10. The molecule has 3 N–H and O–H groups in total. The van der Waals surface area contributed by atoms with Crippen LogP contribution in [-0.4, -0.2) is 31.7 Å². The Kier molecular flexibility index (Phi) is 6.97. The second-order valence-corrected chi connectivity index (χ2v) is 5.44. The fourth-order valence-corrected chi connectivity index (χ4v) is 2.83. The Balaban J connectivity index is 0.00000242. The zero-order valence-corrected chi connectivity index (χ0v) is 14.0. The van der Waals surface area contributed by atoms with Gasteiger partial charge in [0.05, 0.1) is 19.3 Å². The Morgan fingerprint density at radius 3 is 2.55 bits per heavy atom. The molecule has 1 aromatic rings. The highest BCUT2D eigenvalue weighted by Crippen LogP contribution is 2.31. The molecule has 1 amide bonds. The van der Waals surface area contributed by atoms with E-state index in [1.54, 1.807) is 25.3 Å². The number of hydrogen-bond acceptors (Lipinski definition) is 4. The molecule has 0 atom stereocenters. The fourth-order valence-electron chi connectivity index (χ4n) is 2.83. The fraction of sp³-hybridized carbons (Fsp3) is 0.562. The maximum Gasteiger partial charge on any atom is 0.251 e. The predicted octanol–water partition coefficient (Wildman–Crippen LogP) is 2.52. The third-order valence-electron chi connectivity index (χ3n) is 4.06. The van der Waals surface area contributed by atoms with Gasteiger partial charge in [-0.1, -0.05) is 12.8 Å². The van der Waals surface area contributed by atoms with E-state index in [-0.39, 0.29) is 23.9 Å². The zero-order chi connectivity index (χ0) is 15.3. The quantitative estimate of drug-likeness (QED) is 0.841. The zero-order valence-electron chi connectivity index (χ0n) is 13.2. The van der Waals surface area contributed by atoms with Gasteiger partial charge in [0.15, 0.2) is 11.5 Å². The van der Waals surface area contributed by atoms with E-state index in [4.69, 9.17) is 15.2 Å². The molecule has 0 aromatic heterocycles. The van der Waals surface area contributed by atoms with Crippen molar-refractivity contribution in [2.75, 3.05) is 20.3 Å². The molecule has 0 aliphatic heterocycles. The van der Waals surface area contributed by atoms with Crippen molar-refractivity contribution < 1.29 is 14.3 Å². The van der Waals surface area contributed by atoms with E-state index >= 15 is 0 Å². The molecule has 0 saturated heterocycles. The number of methoxy groups -OCH3 is 1. The van der Waals surface area contributed by atoms with Crippen LogP contribution >= 0.6 is 12.4 Å². The highest BCUT2D eigenvalue weighted by Gasteiger charge is 2.34. The van der Waals surface area contributed by atoms with Gasteiger partial charge in [0.25, 0.3) is 5.91 Å². The summed E-state index contributed by atoms with van der Waals surface area (Å²) >= 11 is 0. The van der Waals surface area contributed by atoms with E-state index < -0.39 is 0 Å². The van der Waals surface area contributed by atoms with Crippen molar-refractivity contribution in [1.82, 2.24) is 5.32 Å². The van der Waals surface area contributed by atoms with Crippen molar-refractivity contribution in [2.24, 2.45) is 5.73 Å². The number of nitrogens with two attached hydrogens (primary N) is 1. The van der Waals surface area contributed by atoms with Crippen molar-refractivity contribution in [1.29, 1.82) is 0 Å². The summed E-state index contributed by atoms with van der Waals surface area (Å²) in [6.07, 6.45) is 4.13. The van der Waals surface area contributed by atoms with Crippen LogP contribution in [0.2, 0.25) is 0 Å². The van der Waals surface area contributed by atoms with Gasteiger partial charge in [0.2, 0.25) is 0 Å². The van der Waals surface area contributed by atoms with Gasteiger partial charge in [-0.2, -0.15) is 0 Å². The molecule has 1 aliphatic carbocycles. The first kappa shape index (κ1) is 18.6. The van der Waals surface area contributed by atoms with Crippen LogP contribution in [0.25, 0.3) is 0 Å². The Bertz CT molecular complexity index is 502. The normalized spacial score (nSPS) is 15.8. The molecule has 2 rings (SSSR count). The van der Waals surface area contributed by atoms with Gasteiger partial charge in [-0.15, -0.1) is 12.4 Å². The van der Waals surface area contributed by atoms with Gasteiger partial charge in [-0.3, -0.25) is 4.79 Å². The largest absolute Gasteiger partial charge is 0.493 e. The molecule has 0 bridgehead atoms. The lowest BCUT2D eigenvalue weighted by molar-refractivity contribution is 0.0902. The maximum atomic E-state index is 12.4. The molecule has 1 saturated carbocycles. The van der Waals surface area contributed by atoms with Crippen LogP contribution in [-0.2, 0) is 0 Å². The van der Waals surface area contributed by atoms with Crippen LogP contribution in [0, 0.1) is 0 Å². The summed E-state index contributed by atoms with van der Waals surface area (Å²) in [6.45, 7) is 2.94. The highest BCUT2D eigenvalue weighted by atomic mass is 35.5. The average molecular weight is 329 g/mol. The molecule has 0 heterocycles. The number of rotatable bonds is 6. The van der Waals surface area contributed by atoms with E-state index in [1.165, 1.54) is 0 Å². The molecule has 0 spiro atoms. The lowest BCUT2D eigenvalue weighted by atomic mass is 9.97. The summed E-state index contributed by atoms with van der Waals surface area (Å²) in [4.78, 5) is 12.4. The average Bonchev–Trinajstić information content (AvgIpc) is 2.97. The van der Waals surface area contributed by atoms with Crippen molar-refractivity contribution in [3.8, 4) is 11.5 Å². The van der Waals surface area contributed by atoms with Crippen LogP contribution in [0.5, 0.6) is 11.5 Å². The summed E-state index contributed by atoms with van der Waals surface area (Å²) < 4.78 is 10.7. The summed E-state index contributed by atoms with van der Waals surface area (Å²) in [6, 6.07) is 5.22.